The highest BCUT2D eigenvalue weighted by Gasteiger charge is 2.11. The van der Waals surface area contributed by atoms with Crippen LogP contribution in [0.1, 0.15) is 10.4 Å². The van der Waals surface area contributed by atoms with Gasteiger partial charge in [-0.1, -0.05) is 11.6 Å². The number of benzene rings is 1. The van der Waals surface area contributed by atoms with E-state index in [0.29, 0.717) is 28.8 Å². The minimum atomic E-state index is -0.218. The van der Waals surface area contributed by atoms with Crippen molar-refractivity contribution in [3.63, 3.8) is 0 Å². The molecular formula is C10H11Cl2NO2. The molecule has 15 heavy (non-hydrogen) atoms. The van der Waals surface area contributed by atoms with E-state index in [2.05, 4.69) is 5.32 Å². The van der Waals surface area contributed by atoms with Crippen molar-refractivity contribution in [2.75, 3.05) is 19.5 Å². The van der Waals surface area contributed by atoms with Gasteiger partial charge in [0.05, 0.1) is 12.7 Å². The maximum absolute atomic E-state index is 11.6. The Hall–Kier alpha value is -0.930. The molecule has 0 aliphatic rings. The molecule has 0 aliphatic heterocycles. The fourth-order valence-electron chi connectivity index (χ4n) is 1.11. The van der Waals surface area contributed by atoms with E-state index in [1.807, 2.05) is 0 Å². The van der Waals surface area contributed by atoms with Crippen molar-refractivity contribution in [2.45, 2.75) is 0 Å². The van der Waals surface area contributed by atoms with Gasteiger partial charge < -0.3 is 10.1 Å². The van der Waals surface area contributed by atoms with Crippen molar-refractivity contribution in [1.29, 1.82) is 0 Å². The molecule has 0 heterocycles. The van der Waals surface area contributed by atoms with Crippen LogP contribution < -0.4 is 10.1 Å². The quantitative estimate of drug-likeness (QED) is 0.830. The van der Waals surface area contributed by atoms with E-state index in [9.17, 15) is 4.79 Å². The summed E-state index contributed by atoms with van der Waals surface area (Å²) in [5, 5.41) is 3.18. The number of ether oxygens (including phenoxy) is 1. The number of carbonyl (C=O) groups excluding carboxylic acids is 1. The van der Waals surface area contributed by atoms with Gasteiger partial charge in [0.1, 0.15) is 5.75 Å². The van der Waals surface area contributed by atoms with Crippen molar-refractivity contribution in [1.82, 2.24) is 5.32 Å². The molecule has 0 unspecified atom stereocenters. The molecule has 0 aromatic heterocycles. The number of alkyl halides is 1. The second-order valence-electron chi connectivity index (χ2n) is 2.79. The number of hydrogen-bond acceptors (Lipinski definition) is 2. The van der Waals surface area contributed by atoms with Gasteiger partial charge in [-0.05, 0) is 18.2 Å². The van der Waals surface area contributed by atoms with Gasteiger partial charge >= 0.3 is 0 Å². The number of amides is 1. The number of nitrogens with one attached hydrogen (secondary N) is 1. The predicted molar refractivity (Wildman–Crippen MR) is 61.1 cm³/mol. The molecule has 1 aromatic carbocycles. The molecule has 3 nitrogen and oxygen atoms in total. The summed E-state index contributed by atoms with van der Waals surface area (Å²) in [6, 6.07) is 4.85. The highest BCUT2D eigenvalue weighted by atomic mass is 35.5. The maximum Gasteiger partial charge on any atom is 0.255 e. The highest BCUT2D eigenvalue weighted by Crippen LogP contribution is 2.22. The highest BCUT2D eigenvalue weighted by molar-refractivity contribution is 6.30. The van der Waals surface area contributed by atoms with E-state index in [1.165, 1.54) is 7.11 Å². The maximum atomic E-state index is 11.6. The van der Waals surface area contributed by atoms with Gasteiger partial charge in [-0.15, -0.1) is 11.6 Å². The fraction of sp³-hybridized carbons (Fsp3) is 0.300. The van der Waals surface area contributed by atoms with Crippen LogP contribution in [0.25, 0.3) is 0 Å². The van der Waals surface area contributed by atoms with Crippen molar-refractivity contribution < 1.29 is 9.53 Å². The molecule has 1 aromatic rings. The zero-order chi connectivity index (χ0) is 11.3. The number of halogens is 2. The van der Waals surface area contributed by atoms with Crippen LogP contribution in [0.2, 0.25) is 5.02 Å². The van der Waals surface area contributed by atoms with Crippen LogP contribution in [0.15, 0.2) is 18.2 Å². The van der Waals surface area contributed by atoms with Crippen LogP contribution in [0, 0.1) is 0 Å². The average Bonchev–Trinajstić information content (AvgIpc) is 2.25. The lowest BCUT2D eigenvalue weighted by atomic mass is 10.2. The third-order valence-electron chi connectivity index (χ3n) is 1.79. The molecular weight excluding hydrogens is 237 g/mol. The van der Waals surface area contributed by atoms with E-state index in [1.54, 1.807) is 18.2 Å². The first-order chi connectivity index (χ1) is 7.19. The fourth-order valence-corrected chi connectivity index (χ4v) is 1.37. The van der Waals surface area contributed by atoms with Crippen molar-refractivity contribution in [3.8, 4) is 5.75 Å². The molecule has 82 valence electrons. The smallest absolute Gasteiger partial charge is 0.255 e. The predicted octanol–water partition coefficient (Wildman–Crippen LogP) is 2.32. The number of rotatable bonds is 4. The summed E-state index contributed by atoms with van der Waals surface area (Å²) in [5.74, 6) is 0.612. The minimum absolute atomic E-state index is 0.218. The molecule has 5 heteroatoms. The first kappa shape index (κ1) is 12.1. The number of hydrogen-bond donors (Lipinski definition) is 1. The molecule has 0 saturated carbocycles. The van der Waals surface area contributed by atoms with Crippen LogP contribution in [0.5, 0.6) is 5.75 Å². The van der Waals surface area contributed by atoms with E-state index in [-0.39, 0.29) is 5.91 Å². The molecule has 1 N–H and O–H groups in total. The van der Waals surface area contributed by atoms with Gasteiger partial charge in [0.2, 0.25) is 0 Å². The van der Waals surface area contributed by atoms with Gasteiger partial charge in [0.15, 0.2) is 0 Å². The SMILES string of the molecule is COc1cc(Cl)ccc1C(=O)NCCCl. The largest absolute Gasteiger partial charge is 0.496 e. The Morgan fingerprint density at radius 3 is 2.87 bits per heavy atom. The molecule has 0 radical (unpaired) electrons. The first-order valence-electron chi connectivity index (χ1n) is 4.36. The molecule has 0 atom stereocenters. The summed E-state index contributed by atoms with van der Waals surface area (Å²) in [5.41, 5.74) is 0.451. The zero-order valence-electron chi connectivity index (χ0n) is 8.22. The van der Waals surface area contributed by atoms with Crippen molar-refractivity contribution >= 4 is 29.1 Å². The normalized spacial score (nSPS) is 9.80. The van der Waals surface area contributed by atoms with Gasteiger partial charge in [0, 0.05) is 17.4 Å². The Kier molecular flexibility index (Phi) is 4.72. The van der Waals surface area contributed by atoms with Crippen molar-refractivity contribution in [3.05, 3.63) is 28.8 Å². The molecule has 1 rings (SSSR count). The molecule has 0 saturated heterocycles. The Morgan fingerprint density at radius 1 is 1.53 bits per heavy atom. The summed E-state index contributed by atoms with van der Waals surface area (Å²) in [7, 11) is 1.49. The first-order valence-corrected chi connectivity index (χ1v) is 5.28. The summed E-state index contributed by atoms with van der Waals surface area (Å²) in [4.78, 5) is 11.6. The Morgan fingerprint density at radius 2 is 2.27 bits per heavy atom. The van der Waals surface area contributed by atoms with E-state index in [4.69, 9.17) is 27.9 Å². The van der Waals surface area contributed by atoms with E-state index < -0.39 is 0 Å². The molecule has 0 aliphatic carbocycles. The van der Waals surface area contributed by atoms with Crippen LogP contribution in [-0.2, 0) is 0 Å². The number of methoxy groups -OCH3 is 1. The van der Waals surface area contributed by atoms with Crippen LogP contribution >= 0.6 is 23.2 Å². The van der Waals surface area contributed by atoms with Crippen molar-refractivity contribution in [2.24, 2.45) is 0 Å². The Balaban J connectivity index is 2.87. The van der Waals surface area contributed by atoms with Gasteiger partial charge in [0.25, 0.3) is 5.91 Å². The Bertz CT molecular complexity index is 355. The molecule has 0 fully saturated rings. The van der Waals surface area contributed by atoms with E-state index >= 15 is 0 Å². The lowest BCUT2D eigenvalue weighted by Crippen LogP contribution is -2.25. The molecule has 0 spiro atoms. The standard InChI is InChI=1S/C10H11Cl2NO2/c1-15-9-6-7(12)2-3-8(9)10(14)13-5-4-11/h2-3,6H,4-5H2,1H3,(H,13,14). The average molecular weight is 248 g/mol. The molecule has 0 bridgehead atoms. The van der Waals surface area contributed by atoms with E-state index in [0.717, 1.165) is 0 Å². The van der Waals surface area contributed by atoms with Gasteiger partial charge in [-0.3, -0.25) is 4.79 Å². The summed E-state index contributed by atoms with van der Waals surface area (Å²) < 4.78 is 5.05. The lowest BCUT2D eigenvalue weighted by molar-refractivity contribution is 0.0953. The topological polar surface area (TPSA) is 38.3 Å². The van der Waals surface area contributed by atoms with Crippen LogP contribution in [0.3, 0.4) is 0 Å². The van der Waals surface area contributed by atoms with Gasteiger partial charge in [-0.25, -0.2) is 0 Å². The zero-order valence-corrected chi connectivity index (χ0v) is 9.73. The second-order valence-corrected chi connectivity index (χ2v) is 3.60. The van der Waals surface area contributed by atoms with Crippen LogP contribution in [-0.4, -0.2) is 25.4 Å². The summed E-state index contributed by atoms with van der Waals surface area (Å²) in [6.45, 7) is 0.423. The Labute approximate surface area is 98.3 Å². The molecule has 1 amide bonds. The number of carbonyl (C=O) groups is 1. The third kappa shape index (κ3) is 3.29. The monoisotopic (exact) mass is 247 g/mol. The minimum Gasteiger partial charge on any atom is -0.496 e. The summed E-state index contributed by atoms with van der Waals surface area (Å²) >= 11 is 11.2. The summed E-state index contributed by atoms with van der Waals surface area (Å²) in [6.07, 6.45) is 0. The lowest BCUT2D eigenvalue weighted by Gasteiger charge is -2.08. The van der Waals surface area contributed by atoms with Gasteiger partial charge in [-0.2, -0.15) is 0 Å². The van der Waals surface area contributed by atoms with Crippen LogP contribution in [0.4, 0.5) is 0 Å². The second kappa shape index (κ2) is 5.83. The third-order valence-corrected chi connectivity index (χ3v) is 2.21.